The highest BCUT2D eigenvalue weighted by atomic mass is 16.5. The number of benzene rings is 2. The number of nitrogens with one attached hydrogen (secondary N) is 3. The van der Waals surface area contributed by atoms with E-state index in [-0.39, 0.29) is 11.7 Å². The molecular weight excluding hydrogens is 745 g/mol. The molecular formula is C41H58N10O7. The molecule has 17 nitrogen and oxygen atoms in total. The van der Waals surface area contributed by atoms with Gasteiger partial charge in [-0.3, -0.25) is 15.0 Å². The number of ether oxygens (including phenoxy) is 2. The molecule has 3 aromatic rings. The molecule has 1 aromatic heterocycles. The van der Waals surface area contributed by atoms with Crippen LogP contribution in [0.4, 0.5) is 28.7 Å². The Balaban J connectivity index is 0.887. The fourth-order valence-corrected chi connectivity index (χ4v) is 9.43. The van der Waals surface area contributed by atoms with Gasteiger partial charge < -0.3 is 56.1 Å². The van der Waals surface area contributed by atoms with Crippen LogP contribution < -0.4 is 36.2 Å². The molecule has 4 fully saturated rings. The number of nitrogens with two attached hydrogens (primary N) is 1. The molecule has 0 bridgehead atoms. The second-order valence-electron chi connectivity index (χ2n) is 16.0. The Morgan fingerprint density at radius 3 is 2.33 bits per heavy atom. The fraction of sp³-hybridized carbons (Fsp3) is 0.585. The second-order valence-corrected chi connectivity index (χ2v) is 16.0. The number of hydrogen-bond donors (Lipinski definition) is 8. The molecule has 8 rings (SSSR count). The lowest BCUT2D eigenvalue weighted by Gasteiger charge is -2.44. The molecule has 0 saturated carbocycles. The zero-order valence-electron chi connectivity index (χ0n) is 33.4. The number of aromatic nitrogens is 2. The Kier molecular flexibility index (Phi) is 12.2. The van der Waals surface area contributed by atoms with E-state index in [1.54, 1.807) is 12.0 Å². The number of carbonyl (C=O) groups excluding carboxylic acids is 1. The maximum Gasteiger partial charge on any atom is 0.271 e. The van der Waals surface area contributed by atoms with Crippen molar-refractivity contribution in [2.45, 2.75) is 94.9 Å². The number of aliphatic hydroxyl groups excluding tert-OH is 4. The van der Waals surface area contributed by atoms with Gasteiger partial charge in [-0.05, 0) is 63.1 Å². The Bertz CT molecular complexity index is 1920. The van der Waals surface area contributed by atoms with Crippen LogP contribution in [0.5, 0.6) is 5.75 Å². The topological polar surface area (TPSA) is 217 Å². The van der Waals surface area contributed by atoms with E-state index in [9.17, 15) is 25.2 Å². The number of piperidine rings is 2. The van der Waals surface area contributed by atoms with E-state index < -0.39 is 36.9 Å². The summed E-state index contributed by atoms with van der Waals surface area (Å²) < 4.78 is 11.4. The van der Waals surface area contributed by atoms with Crippen molar-refractivity contribution in [3.05, 3.63) is 58.9 Å². The maximum absolute atomic E-state index is 12.5. The van der Waals surface area contributed by atoms with Crippen molar-refractivity contribution in [3.8, 4) is 5.75 Å². The summed E-state index contributed by atoms with van der Waals surface area (Å²) in [6, 6.07) is 11.8. The number of piperazine rings is 1. The number of carbonyl (C=O) groups is 1. The highest BCUT2D eigenvalue weighted by molar-refractivity contribution is 5.96. The third-order valence-electron chi connectivity index (χ3n) is 12.6. The summed E-state index contributed by atoms with van der Waals surface area (Å²) >= 11 is 0. The number of hydrogen-bond acceptors (Lipinski definition) is 16. The SMILES string of the molecule is CCc1nc(C(N)=O)c(Nc2ccc(N3CCC(N4CCN(c5cccc6c5C(O)N(C5CCC(O)NC5O)C6O)CC4)CC3)c(OC)c2)nc1NC1CCOCC1. The van der Waals surface area contributed by atoms with Crippen LogP contribution >= 0.6 is 0 Å². The third-order valence-corrected chi connectivity index (χ3v) is 12.6. The van der Waals surface area contributed by atoms with Gasteiger partial charge in [0.2, 0.25) is 0 Å². The van der Waals surface area contributed by atoms with Gasteiger partial charge in [0.1, 0.15) is 30.7 Å². The summed E-state index contributed by atoms with van der Waals surface area (Å²) in [5, 5.41) is 53.0. The van der Waals surface area contributed by atoms with Crippen molar-refractivity contribution in [1.82, 2.24) is 25.1 Å². The van der Waals surface area contributed by atoms with Crippen LogP contribution in [0.3, 0.4) is 0 Å². The van der Waals surface area contributed by atoms with Crippen molar-refractivity contribution in [1.29, 1.82) is 0 Å². The lowest BCUT2D eigenvalue weighted by Crippen LogP contribution is -2.57. The number of anilines is 5. The number of nitrogens with zero attached hydrogens (tertiary/aromatic N) is 6. The van der Waals surface area contributed by atoms with Crippen LogP contribution in [0.2, 0.25) is 0 Å². The van der Waals surface area contributed by atoms with Crippen LogP contribution in [0.15, 0.2) is 36.4 Å². The van der Waals surface area contributed by atoms with Gasteiger partial charge >= 0.3 is 0 Å². The van der Waals surface area contributed by atoms with Crippen LogP contribution in [0, 0.1) is 0 Å². The van der Waals surface area contributed by atoms with Gasteiger partial charge in [0, 0.05) is 93.1 Å². The number of rotatable bonds is 11. The average Bonchev–Trinajstić information content (AvgIpc) is 3.49. The number of methoxy groups -OCH3 is 1. The third kappa shape index (κ3) is 8.14. The molecule has 6 heterocycles. The molecule has 2 aromatic carbocycles. The Morgan fingerprint density at radius 2 is 1.64 bits per heavy atom. The normalized spacial score (nSPS) is 26.4. The van der Waals surface area contributed by atoms with Crippen LogP contribution in [0.25, 0.3) is 0 Å². The molecule has 5 aliphatic rings. The second kappa shape index (κ2) is 17.5. The largest absolute Gasteiger partial charge is 0.495 e. The molecule has 0 spiro atoms. The first-order chi connectivity index (χ1) is 28.1. The number of aliphatic hydroxyl groups is 4. The smallest absolute Gasteiger partial charge is 0.271 e. The van der Waals surface area contributed by atoms with Gasteiger partial charge in [0.15, 0.2) is 17.3 Å². The average molecular weight is 803 g/mol. The molecule has 58 heavy (non-hydrogen) atoms. The molecule has 17 heteroatoms. The highest BCUT2D eigenvalue weighted by Gasteiger charge is 2.46. The molecule has 1 amide bonds. The molecule has 5 unspecified atom stereocenters. The lowest BCUT2D eigenvalue weighted by atomic mass is 10.0. The Morgan fingerprint density at radius 1 is 0.897 bits per heavy atom. The van der Waals surface area contributed by atoms with Gasteiger partial charge in [0.05, 0.1) is 24.5 Å². The monoisotopic (exact) mass is 802 g/mol. The van der Waals surface area contributed by atoms with E-state index in [1.165, 1.54) is 0 Å². The minimum atomic E-state index is -1.08. The maximum atomic E-state index is 12.5. The van der Waals surface area contributed by atoms with Crippen LogP contribution in [-0.2, 0) is 11.2 Å². The van der Waals surface area contributed by atoms with Crippen molar-refractivity contribution < 1.29 is 34.7 Å². The Labute approximate surface area is 339 Å². The van der Waals surface area contributed by atoms with E-state index in [0.29, 0.717) is 78.4 Å². The van der Waals surface area contributed by atoms with Crippen molar-refractivity contribution >= 4 is 34.6 Å². The van der Waals surface area contributed by atoms with E-state index in [4.69, 9.17) is 20.2 Å². The molecule has 4 saturated heterocycles. The highest BCUT2D eigenvalue weighted by Crippen LogP contribution is 2.47. The summed E-state index contributed by atoms with van der Waals surface area (Å²) in [7, 11) is 1.66. The first-order valence-electron chi connectivity index (χ1n) is 20.8. The van der Waals surface area contributed by atoms with Crippen molar-refractivity contribution in [2.24, 2.45) is 5.73 Å². The summed E-state index contributed by atoms with van der Waals surface area (Å²) in [6.07, 6.45) is 1.18. The molecule has 5 atom stereocenters. The lowest BCUT2D eigenvalue weighted by molar-refractivity contribution is -0.159. The first kappa shape index (κ1) is 40.4. The predicted molar refractivity (Wildman–Crippen MR) is 219 cm³/mol. The Hall–Kier alpha value is -4.33. The van der Waals surface area contributed by atoms with E-state index >= 15 is 0 Å². The van der Waals surface area contributed by atoms with Crippen molar-refractivity contribution in [2.75, 3.05) is 80.0 Å². The quantitative estimate of drug-likeness (QED) is 0.139. The minimum absolute atomic E-state index is 0.0893. The number of fused-ring (bicyclic) bond motifs is 1. The predicted octanol–water partition coefficient (Wildman–Crippen LogP) is 1.96. The number of primary amides is 1. The number of amides is 1. The molecule has 0 aliphatic carbocycles. The van der Waals surface area contributed by atoms with Gasteiger partial charge in [-0.1, -0.05) is 19.1 Å². The summed E-state index contributed by atoms with van der Waals surface area (Å²) in [6.45, 7) is 8.44. The van der Waals surface area contributed by atoms with E-state index in [2.05, 4.69) is 35.6 Å². The molecule has 5 aliphatic heterocycles. The standard InChI is InChI=1S/C41H58N10O7/c1-3-28-37(43-24-13-21-58-22-14-24)47-38(35(45-28)36(42)53)44-25-7-8-29(32(23-25)57-2)49-15-11-26(12-16-49)48-17-19-50(20-18-48)30-6-4-5-27-34(30)41(56)51(40(27)55)31-9-10-33(52)46-39(31)54/h4-8,23-24,26,31,33,39-41,46,52,54-56H,3,9-22H2,1-2H3,(H2,42,53)(H2,43,44,47). The van der Waals surface area contributed by atoms with Crippen LogP contribution in [0.1, 0.15) is 85.2 Å². The molecule has 314 valence electrons. The summed E-state index contributed by atoms with van der Waals surface area (Å²) in [5.74, 6) is 0.992. The fourth-order valence-electron chi connectivity index (χ4n) is 9.43. The molecule has 9 N–H and O–H groups in total. The van der Waals surface area contributed by atoms with Gasteiger partial charge in [0.25, 0.3) is 5.91 Å². The van der Waals surface area contributed by atoms with Crippen molar-refractivity contribution in [3.63, 3.8) is 0 Å². The summed E-state index contributed by atoms with van der Waals surface area (Å²) in [4.78, 5) is 30.7. The van der Waals surface area contributed by atoms with Gasteiger partial charge in [-0.2, -0.15) is 0 Å². The zero-order chi connectivity index (χ0) is 40.5. The van der Waals surface area contributed by atoms with E-state index in [1.807, 2.05) is 43.3 Å². The summed E-state index contributed by atoms with van der Waals surface area (Å²) in [5.41, 5.74) is 10.5. The van der Waals surface area contributed by atoms with Crippen LogP contribution in [-0.4, -0.2) is 136 Å². The number of aryl methyl sites for hydroxylation is 1. The molecule has 0 radical (unpaired) electrons. The minimum Gasteiger partial charge on any atom is -0.495 e. The van der Waals surface area contributed by atoms with Gasteiger partial charge in [-0.25, -0.2) is 14.9 Å². The van der Waals surface area contributed by atoms with Gasteiger partial charge in [-0.15, -0.1) is 0 Å². The van der Waals surface area contributed by atoms with E-state index in [0.717, 1.165) is 76.3 Å². The zero-order valence-corrected chi connectivity index (χ0v) is 33.4. The first-order valence-corrected chi connectivity index (χ1v) is 20.8.